The molecule has 0 heterocycles. The first-order chi connectivity index (χ1) is 12.6. The summed E-state index contributed by atoms with van der Waals surface area (Å²) in [6.45, 7) is 7.65. The maximum atomic E-state index is 12.7. The number of anilines is 1. The molecule has 0 radical (unpaired) electrons. The van der Waals surface area contributed by atoms with Crippen LogP contribution < -0.4 is 10.1 Å². The maximum absolute atomic E-state index is 12.7. The number of para-hydroxylation sites is 2. The Kier molecular flexibility index (Phi) is 8.29. The summed E-state index contributed by atoms with van der Waals surface area (Å²) >= 11 is 7.77. The van der Waals surface area contributed by atoms with Crippen LogP contribution >= 0.6 is 23.4 Å². The van der Waals surface area contributed by atoms with Crippen molar-refractivity contribution in [3.8, 4) is 5.75 Å². The Morgan fingerprint density at radius 2 is 1.92 bits per heavy atom. The summed E-state index contributed by atoms with van der Waals surface area (Å²) in [4.78, 5) is 15.9. The monoisotopic (exact) mass is 392 g/mol. The van der Waals surface area contributed by atoms with Crippen molar-refractivity contribution in [2.45, 2.75) is 18.7 Å². The zero-order chi connectivity index (χ0) is 18.9. The molecule has 0 saturated heterocycles. The predicted octanol–water partition coefficient (Wildman–Crippen LogP) is 5.03. The molecule has 2 aromatic carbocycles. The van der Waals surface area contributed by atoms with Gasteiger partial charge in [0.1, 0.15) is 12.4 Å². The van der Waals surface area contributed by atoms with Gasteiger partial charge in [-0.15, -0.1) is 11.8 Å². The molecule has 4 nitrogen and oxygen atoms in total. The molecule has 2 aromatic rings. The third kappa shape index (κ3) is 5.66. The first-order valence-corrected chi connectivity index (χ1v) is 10.3. The van der Waals surface area contributed by atoms with E-state index in [1.165, 1.54) is 0 Å². The molecule has 140 valence electrons. The quantitative estimate of drug-likeness (QED) is 0.607. The lowest BCUT2D eigenvalue weighted by molar-refractivity contribution is 0.102. The van der Waals surface area contributed by atoms with E-state index in [2.05, 4.69) is 24.1 Å². The lowest BCUT2D eigenvalue weighted by Gasteiger charge is -2.19. The number of ether oxygens (including phenoxy) is 1. The molecule has 0 aliphatic carbocycles. The largest absolute Gasteiger partial charge is 0.490 e. The van der Waals surface area contributed by atoms with Crippen molar-refractivity contribution in [2.24, 2.45) is 0 Å². The number of halogens is 1. The van der Waals surface area contributed by atoms with Gasteiger partial charge in [0.2, 0.25) is 0 Å². The van der Waals surface area contributed by atoms with Crippen molar-refractivity contribution >= 4 is 35.0 Å². The van der Waals surface area contributed by atoms with Crippen LogP contribution in [0.2, 0.25) is 5.02 Å². The Hall–Kier alpha value is -1.69. The van der Waals surface area contributed by atoms with E-state index in [4.69, 9.17) is 16.3 Å². The number of rotatable bonds is 9. The molecule has 0 saturated carbocycles. The fourth-order valence-corrected chi connectivity index (χ4v) is 3.16. The third-order valence-corrected chi connectivity index (χ3v) is 5.17. The van der Waals surface area contributed by atoms with Crippen molar-refractivity contribution < 1.29 is 9.53 Å². The number of hydrogen-bond acceptors (Lipinski definition) is 4. The number of benzene rings is 2. The van der Waals surface area contributed by atoms with Crippen molar-refractivity contribution in [1.29, 1.82) is 0 Å². The van der Waals surface area contributed by atoms with Crippen molar-refractivity contribution in [1.82, 2.24) is 4.90 Å². The molecule has 0 aliphatic heterocycles. The predicted molar refractivity (Wildman–Crippen MR) is 111 cm³/mol. The lowest BCUT2D eigenvalue weighted by atomic mass is 10.2. The molecule has 0 aromatic heterocycles. The molecule has 0 unspecified atom stereocenters. The standard InChI is InChI=1S/C20H25ClN2O2S/c1-4-23(5-2)12-13-25-19-9-7-6-8-18(19)22-20(24)16-14-15(26-3)10-11-17(16)21/h6-11,14H,4-5,12-13H2,1-3H3,(H,22,24). The highest BCUT2D eigenvalue weighted by Gasteiger charge is 2.14. The van der Waals surface area contributed by atoms with E-state index in [9.17, 15) is 4.79 Å². The van der Waals surface area contributed by atoms with E-state index in [0.717, 1.165) is 24.5 Å². The van der Waals surface area contributed by atoms with Crippen molar-refractivity contribution in [3.05, 3.63) is 53.1 Å². The second-order valence-corrected chi connectivity index (χ2v) is 6.96. The van der Waals surface area contributed by atoms with E-state index < -0.39 is 0 Å². The normalized spacial score (nSPS) is 10.8. The molecular formula is C20H25ClN2O2S. The third-order valence-electron chi connectivity index (χ3n) is 4.11. The summed E-state index contributed by atoms with van der Waals surface area (Å²) in [6.07, 6.45) is 1.96. The highest BCUT2D eigenvalue weighted by atomic mass is 35.5. The van der Waals surface area contributed by atoms with Gasteiger partial charge in [-0.3, -0.25) is 4.79 Å². The van der Waals surface area contributed by atoms with Gasteiger partial charge < -0.3 is 15.0 Å². The van der Waals surface area contributed by atoms with Crippen LogP contribution in [0.3, 0.4) is 0 Å². The fourth-order valence-electron chi connectivity index (χ4n) is 2.52. The molecule has 0 atom stereocenters. The average molecular weight is 393 g/mol. The number of carbonyl (C=O) groups excluding carboxylic acids is 1. The molecule has 0 spiro atoms. The van der Waals surface area contributed by atoms with Crippen LogP contribution in [-0.4, -0.2) is 43.3 Å². The van der Waals surface area contributed by atoms with Crippen LogP contribution in [0, 0.1) is 0 Å². The van der Waals surface area contributed by atoms with Crippen molar-refractivity contribution in [3.63, 3.8) is 0 Å². The van der Waals surface area contributed by atoms with Crippen LogP contribution in [0.4, 0.5) is 5.69 Å². The van der Waals surface area contributed by atoms with Crippen LogP contribution in [-0.2, 0) is 0 Å². The van der Waals surface area contributed by atoms with Gasteiger partial charge >= 0.3 is 0 Å². The minimum absolute atomic E-state index is 0.245. The van der Waals surface area contributed by atoms with Gasteiger partial charge in [0, 0.05) is 11.4 Å². The average Bonchev–Trinajstić information content (AvgIpc) is 2.66. The van der Waals surface area contributed by atoms with Crippen LogP contribution in [0.5, 0.6) is 5.75 Å². The zero-order valence-electron chi connectivity index (χ0n) is 15.4. The maximum Gasteiger partial charge on any atom is 0.257 e. The first kappa shape index (κ1) is 20.6. The second kappa shape index (κ2) is 10.5. The summed E-state index contributed by atoms with van der Waals surface area (Å²) in [6, 6.07) is 12.9. The zero-order valence-corrected chi connectivity index (χ0v) is 17.0. The molecule has 0 aliphatic rings. The van der Waals surface area contributed by atoms with E-state index in [0.29, 0.717) is 28.6 Å². The Balaban J connectivity index is 2.09. The molecule has 1 amide bonds. The first-order valence-electron chi connectivity index (χ1n) is 8.68. The van der Waals surface area contributed by atoms with Crippen molar-refractivity contribution in [2.75, 3.05) is 37.8 Å². The summed E-state index contributed by atoms with van der Waals surface area (Å²) in [7, 11) is 0. The minimum atomic E-state index is -0.245. The number of carbonyl (C=O) groups is 1. The topological polar surface area (TPSA) is 41.6 Å². The molecule has 0 fully saturated rings. The van der Waals surface area contributed by atoms with Gasteiger partial charge in [-0.2, -0.15) is 0 Å². The van der Waals surface area contributed by atoms with E-state index in [1.54, 1.807) is 23.9 Å². The van der Waals surface area contributed by atoms with E-state index >= 15 is 0 Å². The fraction of sp³-hybridized carbons (Fsp3) is 0.350. The smallest absolute Gasteiger partial charge is 0.257 e. The summed E-state index contributed by atoms with van der Waals surface area (Å²) < 4.78 is 5.89. The Morgan fingerprint density at radius 3 is 2.62 bits per heavy atom. The Labute approximate surface area is 164 Å². The highest BCUT2D eigenvalue weighted by Crippen LogP contribution is 2.27. The molecule has 0 bridgehead atoms. The van der Waals surface area contributed by atoms with E-state index in [1.807, 2.05) is 36.6 Å². The minimum Gasteiger partial charge on any atom is -0.490 e. The van der Waals surface area contributed by atoms with Gasteiger partial charge in [0.25, 0.3) is 5.91 Å². The van der Waals surface area contributed by atoms with E-state index in [-0.39, 0.29) is 5.91 Å². The van der Waals surface area contributed by atoms with Gasteiger partial charge in [0.05, 0.1) is 16.3 Å². The molecule has 1 N–H and O–H groups in total. The van der Waals surface area contributed by atoms with Crippen LogP contribution in [0.25, 0.3) is 0 Å². The van der Waals surface area contributed by atoms with Gasteiger partial charge in [0.15, 0.2) is 0 Å². The molecule has 2 rings (SSSR count). The number of thioether (sulfide) groups is 1. The van der Waals surface area contributed by atoms with Gasteiger partial charge in [-0.1, -0.05) is 37.6 Å². The molecule has 6 heteroatoms. The summed E-state index contributed by atoms with van der Waals surface area (Å²) in [5.41, 5.74) is 1.10. The lowest BCUT2D eigenvalue weighted by Crippen LogP contribution is -2.28. The van der Waals surface area contributed by atoms with Crippen LogP contribution in [0.15, 0.2) is 47.4 Å². The molecular weight excluding hydrogens is 368 g/mol. The number of amides is 1. The highest BCUT2D eigenvalue weighted by molar-refractivity contribution is 7.98. The summed E-state index contributed by atoms with van der Waals surface area (Å²) in [5, 5.41) is 3.34. The Bertz CT molecular complexity index is 736. The van der Waals surface area contributed by atoms with Gasteiger partial charge in [-0.05, 0) is 49.7 Å². The number of nitrogens with one attached hydrogen (secondary N) is 1. The molecule has 26 heavy (non-hydrogen) atoms. The van der Waals surface area contributed by atoms with Crippen LogP contribution in [0.1, 0.15) is 24.2 Å². The Morgan fingerprint density at radius 1 is 1.19 bits per heavy atom. The second-order valence-electron chi connectivity index (χ2n) is 5.67. The summed E-state index contributed by atoms with van der Waals surface area (Å²) in [5.74, 6) is 0.413. The number of likely N-dealkylation sites (N-methyl/N-ethyl adjacent to an activating group) is 1. The number of hydrogen-bond donors (Lipinski definition) is 1. The number of nitrogens with zero attached hydrogens (tertiary/aromatic N) is 1. The van der Waals surface area contributed by atoms with Gasteiger partial charge in [-0.25, -0.2) is 0 Å². The SMILES string of the molecule is CCN(CC)CCOc1ccccc1NC(=O)c1cc(SC)ccc1Cl.